The van der Waals surface area contributed by atoms with E-state index < -0.39 is 0 Å². The molecule has 1 fully saturated rings. The van der Waals surface area contributed by atoms with Crippen molar-refractivity contribution in [3.8, 4) is 0 Å². The first-order valence-electron chi connectivity index (χ1n) is 5.44. The number of nitrogens with zero attached hydrogens (tertiary/aromatic N) is 1. The Kier molecular flexibility index (Phi) is 3.17. The summed E-state index contributed by atoms with van der Waals surface area (Å²) in [5.41, 5.74) is 7.19. The van der Waals surface area contributed by atoms with Gasteiger partial charge in [-0.2, -0.15) is 0 Å². The fourth-order valence-corrected chi connectivity index (χ4v) is 2.35. The van der Waals surface area contributed by atoms with Crippen LogP contribution in [0.25, 0.3) is 0 Å². The van der Waals surface area contributed by atoms with Crippen molar-refractivity contribution in [1.29, 1.82) is 0 Å². The lowest BCUT2D eigenvalue weighted by atomic mass is 9.98. The molecule has 1 aromatic rings. The first-order valence-corrected chi connectivity index (χ1v) is 5.82. The standard InChI is InChI=1S/C12H17ClN2/c1-9-8-11(14)6-7-15(9)12-4-2-10(13)3-5-12/h2-5,9,11H,6-8,14H2,1H3. The third kappa shape index (κ3) is 2.44. The molecule has 15 heavy (non-hydrogen) atoms. The van der Waals surface area contributed by atoms with E-state index in [0.29, 0.717) is 12.1 Å². The smallest absolute Gasteiger partial charge is 0.0407 e. The molecule has 2 unspecified atom stereocenters. The highest BCUT2D eigenvalue weighted by atomic mass is 35.5. The molecular weight excluding hydrogens is 208 g/mol. The van der Waals surface area contributed by atoms with E-state index in [4.69, 9.17) is 17.3 Å². The number of halogens is 1. The van der Waals surface area contributed by atoms with Gasteiger partial charge in [-0.3, -0.25) is 0 Å². The first kappa shape index (κ1) is 10.8. The molecule has 0 bridgehead atoms. The second-order valence-electron chi connectivity index (χ2n) is 4.30. The van der Waals surface area contributed by atoms with E-state index in [9.17, 15) is 0 Å². The Bertz CT molecular complexity index is 323. The Morgan fingerprint density at radius 1 is 1.33 bits per heavy atom. The van der Waals surface area contributed by atoms with Crippen LogP contribution in [0.5, 0.6) is 0 Å². The molecule has 1 saturated heterocycles. The predicted molar refractivity (Wildman–Crippen MR) is 65.5 cm³/mol. The number of benzene rings is 1. The van der Waals surface area contributed by atoms with Crippen LogP contribution in [0.15, 0.2) is 24.3 Å². The molecule has 2 N–H and O–H groups in total. The van der Waals surface area contributed by atoms with Crippen LogP contribution in [0, 0.1) is 0 Å². The summed E-state index contributed by atoms with van der Waals surface area (Å²) in [5, 5.41) is 0.792. The van der Waals surface area contributed by atoms with Gasteiger partial charge in [0.05, 0.1) is 0 Å². The van der Waals surface area contributed by atoms with E-state index in [1.54, 1.807) is 0 Å². The summed E-state index contributed by atoms with van der Waals surface area (Å²) in [6, 6.07) is 8.93. The van der Waals surface area contributed by atoms with Gasteiger partial charge < -0.3 is 10.6 Å². The van der Waals surface area contributed by atoms with Gasteiger partial charge in [0, 0.05) is 29.3 Å². The van der Waals surface area contributed by atoms with Crippen LogP contribution in [0.2, 0.25) is 5.02 Å². The summed E-state index contributed by atoms with van der Waals surface area (Å²) in [6.07, 6.45) is 2.15. The first-order chi connectivity index (χ1) is 7.16. The average Bonchev–Trinajstić information content (AvgIpc) is 2.20. The molecule has 2 nitrogen and oxygen atoms in total. The molecule has 2 atom stereocenters. The Balaban J connectivity index is 2.13. The Labute approximate surface area is 96.0 Å². The third-order valence-corrected chi connectivity index (χ3v) is 3.33. The van der Waals surface area contributed by atoms with E-state index in [1.165, 1.54) is 5.69 Å². The van der Waals surface area contributed by atoms with Gasteiger partial charge in [-0.05, 0) is 44.0 Å². The minimum atomic E-state index is 0.364. The van der Waals surface area contributed by atoms with E-state index in [2.05, 4.69) is 24.0 Å². The zero-order valence-electron chi connectivity index (χ0n) is 8.99. The molecule has 0 amide bonds. The molecule has 0 aliphatic carbocycles. The average molecular weight is 225 g/mol. The van der Waals surface area contributed by atoms with Crippen LogP contribution in [0.3, 0.4) is 0 Å². The number of piperidine rings is 1. The van der Waals surface area contributed by atoms with Crippen LogP contribution in [-0.4, -0.2) is 18.6 Å². The van der Waals surface area contributed by atoms with E-state index in [0.717, 1.165) is 24.4 Å². The Morgan fingerprint density at radius 2 is 2.00 bits per heavy atom. The van der Waals surface area contributed by atoms with Crippen LogP contribution in [0.1, 0.15) is 19.8 Å². The summed E-state index contributed by atoms with van der Waals surface area (Å²) >= 11 is 5.87. The fraction of sp³-hybridized carbons (Fsp3) is 0.500. The predicted octanol–water partition coefficient (Wildman–Crippen LogP) is 2.66. The van der Waals surface area contributed by atoms with Crippen molar-refractivity contribution >= 4 is 17.3 Å². The Morgan fingerprint density at radius 3 is 2.60 bits per heavy atom. The van der Waals surface area contributed by atoms with Crippen LogP contribution < -0.4 is 10.6 Å². The maximum atomic E-state index is 5.94. The zero-order valence-corrected chi connectivity index (χ0v) is 9.74. The number of hydrogen-bond donors (Lipinski definition) is 1. The monoisotopic (exact) mass is 224 g/mol. The van der Waals surface area contributed by atoms with Crippen molar-refractivity contribution in [3.05, 3.63) is 29.3 Å². The lowest BCUT2D eigenvalue weighted by molar-refractivity contribution is 0.430. The quantitative estimate of drug-likeness (QED) is 0.795. The van der Waals surface area contributed by atoms with Gasteiger partial charge in [0.1, 0.15) is 0 Å². The number of nitrogens with two attached hydrogens (primary N) is 1. The highest BCUT2D eigenvalue weighted by Crippen LogP contribution is 2.25. The topological polar surface area (TPSA) is 29.3 Å². The van der Waals surface area contributed by atoms with Gasteiger partial charge in [-0.25, -0.2) is 0 Å². The van der Waals surface area contributed by atoms with E-state index in [-0.39, 0.29) is 0 Å². The van der Waals surface area contributed by atoms with Crippen LogP contribution in [-0.2, 0) is 0 Å². The normalized spacial score (nSPS) is 26.7. The minimum Gasteiger partial charge on any atom is -0.369 e. The van der Waals surface area contributed by atoms with Gasteiger partial charge in [-0.15, -0.1) is 0 Å². The van der Waals surface area contributed by atoms with Crippen molar-refractivity contribution in [2.45, 2.75) is 31.8 Å². The largest absolute Gasteiger partial charge is 0.369 e. The van der Waals surface area contributed by atoms with Crippen molar-refractivity contribution in [3.63, 3.8) is 0 Å². The molecule has 0 spiro atoms. The Hall–Kier alpha value is -0.730. The van der Waals surface area contributed by atoms with Gasteiger partial charge in [0.2, 0.25) is 0 Å². The maximum absolute atomic E-state index is 5.94. The zero-order chi connectivity index (χ0) is 10.8. The molecule has 1 aliphatic rings. The number of rotatable bonds is 1. The van der Waals surface area contributed by atoms with Crippen molar-refractivity contribution in [2.24, 2.45) is 5.73 Å². The summed E-state index contributed by atoms with van der Waals surface area (Å²) in [5.74, 6) is 0. The highest BCUT2D eigenvalue weighted by Gasteiger charge is 2.22. The minimum absolute atomic E-state index is 0.364. The van der Waals surface area contributed by atoms with Gasteiger partial charge in [0.15, 0.2) is 0 Å². The van der Waals surface area contributed by atoms with E-state index in [1.807, 2.05) is 12.1 Å². The third-order valence-electron chi connectivity index (χ3n) is 3.07. The molecular formula is C12H17ClN2. The summed E-state index contributed by atoms with van der Waals surface area (Å²) < 4.78 is 0. The molecule has 1 aliphatic heterocycles. The molecule has 0 saturated carbocycles. The molecule has 1 aromatic carbocycles. The second kappa shape index (κ2) is 4.42. The van der Waals surface area contributed by atoms with Gasteiger partial charge in [-0.1, -0.05) is 11.6 Å². The summed E-state index contributed by atoms with van der Waals surface area (Å²) in [4.78, 5) is 2.40. The summed E-state index contributed by atoms with van der Waals surface area (Å²) in [7, 11) is 0. The molecule has 2 rings (SSSR count). The van der Waals surface area contributed by atoms with Gasteiger partial charge in [0.25, 0.3) is 0 Å². The molecule has 1 heterocycles. The van der Waals surface area contributed by atoms with Gasteiger partial charge >= 0.3 is 0 Å². The maximum Gasteiger partial charge on any atom is 0.0407 e. The summed E-state index contributed by atoms with van der Waals surface area (Å²) in [6.45, 7) is 3.28. The van der Waals surface area contributed by atoms with Crippen molar-refractivity contribution in [2.75, 3.05) is 11.4 Å². The van der Waals surface area contributed by atoms with Crippen LogP contribution in [0.4, 0.5) is 5.69 Å². The van der Waals surface area contributed by atoms with Crippen molar-refractivity contribution in [1.82, 2.24) is 0 Å². The van der Waals surface area contributed by atoms with E-state index >= 15 is 0 Å². The van der Waals surface area contributed by atoms with Crippen molar-refractivity contribution < 1.29 is 0 Å². The fourth-order valence-electron chi connectivity index (χ4n) is 2.22. The number of anilines is 1. The lowest BCUT2D eigenvalue weighted by Gasteiger charge is -2.38. The molecule has 82 valence electrons. The molecule has 0 aromatic heterocycles. The SMILES string of the molecule is CC1CC(N)CCN1c1ccc(Cl)cc1. The highest BCUT2D eigenvalue weighted by molar-refractivity contribution is 6.30. The molecule has 0 radical (unpaired) electrons. The number of hydrogen-bond acceptors (Lipinski definition) is 2. The lowest BCUT2D eigenvalue weighted by Crippen LogP contribution is -2.45. The second-order valence-corrected chi connectivity index (χ2v) is 4.74. The van der Waals surface area contributed by atoms with Crippen LogP contribution >= 0.6 is 11.6 Å². The molecule has 3 heteroatoms.